The number of rotatable bonds is 6. The molecule has 2 heteroatoms. The standard InChI is InChI=1S/C48H35NS/c1-3-46-49-44-27-25-35(30-45(44)50-46)34-18-13-19-36(28-34)40-26-24-33-16-7-9-20-38(33)48(40)42-23-12-11-22-41(42)47-31(2)43(32-14-5-4-6-15-32)29-37-17-8-10-21-39(37)47/h4-30,43H,2-3H2,1H3. The molecule has 0 spiro atoms. The van der Waals surface area contributed by atoms with E-state index in [2.05, 4.69) is 171 Å². The maximum atomic E-state index is 4.81. The van der Waals surface area contributed by atoms with Gasteiger partial charge in [0.15, 0.2) is 0 Å². The lowest BCUT2D eigenvalue weighted by atomic mass is 9.77. The fourth-order valence-electron chi connectivity index (χ4n) is 7.65. The third-order valence-electron chi connectivity index (χ3n) is 10.1. The van der Waals surface area contributed by atoms with Crippen LogP contribution in [0.25, 0.3) is 66.0 Å². The number of fused-ring (bicyclic) bond motifs is 3. The average molecular weight is 658 g/mol. The first-order chi connectivity index (χ1) is 24.7. The molecule has 9 rings (SSSR count). The van der Waals surface area contributed by atoms with Gasteiger partial charge in [0.2, 0.25) is 0 Å². The Morgan fingerprint density at radius 3 is 2.24 bits per heavy atom. The highest BCUT2D eigenvalue weighted by atomic mass is 32.1. The van der Waals surface area contributed by atoms with Gasteiger partial charge < -0.3 is 0 Å². The number of thiazole rings is 1. The molecule has 1 nitrogen and oxygen atoms in total. The van der Waals surface area contributed by atoms with Gasteiger partial charge in [-0.1, -0.05) is 159 Å². The van der Waals surface area contributed by atoms with Gasteiger partial charge in [-0.15, -0.1) is 11.3 Å². The highest BCUT2D eigenvalue weighted by Gasteiger charge is 2.25. The summed E-state index contributed by atoms with van der Waals surface area (Å²) in [4.78, 5) is 4.80. The quantitative estimate of drug-likeness (QED) is 0.173. The molecule has 0 radical (unpaired) electrons. The Balaban J connectivity index is 1.26. The van der Waals surface area contributed by atoms with E-state index in [0.717, 1.165) is 17.5 Å². The van der Waals surface area contributed by atoms with Crippen LogP contribution in [0, 0.1) is 0 Å². The van der Waals surface area contributed by atoms with E-state index in [0.29, 0.717) is 0 Å². The van der Waals surface area contributed by atoms with Crippen LogP contribution >= 0.6 is 11.3 Å². The molecular formula is C48H35NS. The molecule has 0 fully saturated rings. The molecular weight excluding hydrogens is 623 g/mol. The minimum atomic E-state index is 0.0853. The summed E-state index contributed by atoms with van der Waals surface area (Å²) in [5.41, 5.74) is 13.1. The van der Waals surface area contributed by atoms with Gasteiger partial charge in [-0.2, -0.15) is 0 Å². The van der Waals surface area contributed by atoms with E-state index in [9.17, 15) is 0 Å². The van der Waals surface area contributed by atoms with Crippen LogP contribution in [0.5, 0.6) is 0 Å². The first-order valence-electron chi connectivity index (χ1n) is 17.3. The molecule has 7 aromatic carbocycles. The van der Waals surface area contributed by atoms with Gasteiger partial charge in [0.25, 0.3) is 0 Å². The minimum absolute atomic E-state index is 0.0853. The van der Waals surface area contributed by atoms with E-state index in [1.54, 1.807) is 11.3 Å². The van der Waals surface area contributed by atoms with E-state index in [-0.39, 0.29) is 5.92 Å². The lowest BCUT2D eigenvalue weighted by Crippen LogP contribution is -2.32. The molecule has 0 N–H and O–H groups in total. The Morgan fingerprint density at radius 2 is 1.36 bits per heavy atom. The molecule has 1 heterocycles. The summed E-state index contributed by atoms with van der Waals surface area (Å²) in [7, 11) is 0. The predicted molar refractivity (Wildman–Crippen MR) is 214 cm³/mol. The third-order valence-corrected chi connectivity index (χ3v) is 11.2. The second-order valence-corrected chi connectivity index (χ2v) is 14.1. The van der Waals surface area contributed by atoms with Crippen LogP contribution < -0.4 is 10.4 Å². The maximum absolute atomic E-state index is 4.81. The Morgan fingerprint density at radius 1 is 0.620 bits per heavy atom. The second-order valence-electron chi connectivity index (χ2n) is 13.0. The van der Waals surface area contributed by atoms with Crippen molar-refractivity contribution in [3.63, 3.8) is 0 Å². The molecule has 1 aromatic heterocycles. The van der Waals surface area contributed by atoms with E-state index in [1.165, 1.54) is 81.0 Å². The summed E-state index contributed by atoms with van der Waals surface area (Å²) in [6.07, 6.45) is 3.33. The van der Waals surface area contributed by atoms with Gasteiger partial charge >= 0.3 is 0 Å². The van der Waals surface area contributed by atoms with Crippen LogP contribution in [-0.4, -0.2) is 4.98 Å². The van der Waals surface area contributed by atoms with Crippen molar-refractivity contribution >= 4 is 44.0 Å². The van der Waals surface area contributed by atoms with Gasteiger partial charge in [-0.25, -0.2) is 4.98 Å². The summed E-state index contributed by atoms with van der Waals surface area (Å²) in [5, 5.41) is 6.11. The Hall–Kier alpha value is -5.83. The molecule has 0 saturated carbocycles. The molecule has 1 atom stereocenters. The molecule has 8 aromatic rings. The largest absolute Gasteiger partial charge is 0.241 e. The Labute approximate surface area is 296 Å². The zero-order chi connectivity index (χ0) is 33.6. The lowest BCUT2D eigenvalue weighted by molar-refractivity contribution is 1.07. The minimum Gasteiger partial charge on any atom is -0.241 e. The van der Waals surface area contributed by atoms with Gasteiger partial charge in [0.1, 0.15) is 0 Å². The smallest absolute Gasteiger partial charge is 0.0935 e. The summed E-state index contributed by atoms with van der Waals surface area (Å²) in [6, 6.07) is 57.5. The number of nitrogens with zero attached hydrogens (tertiary/aromatic N) is 1. The summed E-state index contributed by atoms with van der Waals surface area (Å²) in [6.45, 7) is 6.98. The highest BCUT2D eigenvalue weighted by molar-refractivity contribution is 7.18. The third kappa shape index (κ3) is 5.21. The van der Waals surface area contributed by atoms with Crippen molar-refractivity contribution in [3.05, 3.63) is 196 Å². The van der Waals surface area contributed by atoms with Gasteiger partial charge in [0.05, 0.1) is 15.2 Å². The predicted octanol–water partition coefficient (Wildman–Crippen LogP) is 11.3. The van der Waals surface area contributed by atoms with Gasteiger partial charge in [-0.05, 0) is 101 Å². The van der Waals surface area contributed by atoms with Crippen LogP contribution in [0.3, 0.4) is 0 Å². The number of allylic oxidation sites excluding steroid dienone is 1. The molecule has 0 saturated heterocycles. The van der Waals surface area contributed by atoms with Gasteiger partial charge in [-0.3, -0.25) is 0 Å². The first-order valence-corrected chi connectivity index (χ1v) is 18.1. The van der Waals surface area contributed by atoms with Crippen LogP contribution in [0.1, 0.15) is 29.0 Å². The fraction of sp³-hybridized carbons (Fsp3) is 0.0625. The van der Waals surface area contributed by atoms with E-state index in [1.807, 2.05) is 0 Å². The Kier molecular flexibility index (Phi) is 7.60. The second kappa shape index (κ2) is 12.6. The zero-order valence-corrected chi connectivity index (χ0v) is 28.8. The lowest BCUT2D eigenvalue weighted by Gasteiger charge is -2.26. The van der Waals surface area contributed by atoms with Crippen molar-refractivity contribution in [2.75, 3.05) is 0 Å². The van der Waals surface area contributed by atoms with E-state index in [4.69, 9.17) is 11.6 Å². The molecule has 0 amide bonds. The number of benzene rings is 7. The summed E-state index contributed by atoms with van der Waals surface area (Å²) < 4.78 is 1.24. The molecule has 1 aliphatic rings. The zero-order valence-electron chi connectivity index (χ0n) is 27.9. The fourth-order valence-corrected chi connectivity index (χ4v) is 8.59. The van der Waals surface area contributed by atoms with Crippen molar-refractivity contribution in [3.8, 4) is 33.4 Å². The average Bonchev–Trinajstić information content (AvgIpc) is 3.61. The maximum Gasteiger partial charge on any atom is 0.0935 e. The van der Waals surface area contributed by atoms with Gasteiger partial charge in [0, 0.05) is 5.92 Å². The van der Waals surface area contributed by atoms with Crippen molar-refractivity contribution in [2.24, 2.45) is 0 Å². The number of hydrogen-bond donors (Lipinski definition) is 0. The van der Waals surface area contributed by atoms with Crippen LogP contribution in [-0.2, 0) is 6.42 Å². The number of hydrogen-bond acceptors (Lipinski definition) is 2. The van der Waals surface area contributed by atoms with Crippen LogP contribution in [0.2, 0.25) is 0 Å². The highest BCUT2D eigenvalue weighted by Crippen LogP contribution is 2.44. The van der Waals surface area contributed by atoms with Crippen LogP contribution in [0.15, 0.2) is 170 Å². The van der Waals surface area contributed by atoms with Crippen LogP contribution in [0.4, 0.5) is 0 Å². The van der Waals surface area contributed by atoms with Crippen molar-refractivity contribution in [2.45, 2.75) is 19.3 Å². The van der Waals surface area contributed by atoms with E-state index >= 15 is 0 Å². The monoisotopic (exact) mass is 657 g/mol. The summed E-state index contributed by atoms with van der Waals surface area (Å²) >= 11 is 1.79. The molecule has 1 unspecified atom stereocenters. The normalized spacial score (nSPS) is 14.1. The molecule has 50 heavy (non-hydrogen) atoms. The van der Waals surface area contributed by atoms with Crippen molar-refractivity contribution < 1.29 is 0 Å². The summed E-state index contributed by atoms with van der Waals surface area (Å²) in [5.74, 6) is 0.0853. The number of aromatic nitrogens is 1. The van der Waals surface area contributed by atoms with E-state index < -0.39 is 0 Å². The molecule has 1 aliphatic carbocycles. The van der Waals surface area contributed by atoms with Crippen molar-refractivity contribution in [1.29, 1.82) is 0 Å². The molecule has 0 aliphatic heterocycles. The first kappa shape index (κ1) is 30.2. The molecule has 238 valence electrons. The Bertz CT molecular complexity index is 2710. The van der Waals surface area contributed by atoms with Crippen molar-refractivity contribution in [1.82, 2.24) is 4.98 Å². The SMILES string of the molecule is C=C1C(c2ccccc2-c2c(-c3cccc(-c4ccc5nc(CC)sc5c4)c3)ccc3ccccc23)=c2ccccc2=CC1c1ccccc1. The topological polar surface area (TPSA) is 12.9 Å². The number of aryl methyl sites for hydroxylation is 1. The molecule has 0 bridgehead atoms.